The molecule has 0 saturated carbocycles. The maximum Gasteiger partial charge on any atom is 0.387 e. The molecule has 0 aliphatic heterocycles. The van der Waals surface area contributed by atoms with Crippen LogP contribution in [0.3, 0.4) is 0 Å². The van der Waals surface area contributed by atoms with Gasteiger partial charge in [0.2, 0.25) is 0 Å². The van der Waals surface area contributed by atoms with Crippen molar-refractivity contribution in [2.75, 3.05) is 20.8 Å². The zero-order valence-electron chi connectivity index (χ0n) is 9.01. The number of nitrogens with two attached hydrogens (primary N) is 1. The number of rotatable bonds is 8. The lowest BCUT2D eigenvalue weighted by Crippen LogP contribution is -2.26. The zero-order chi connectivity index (χ0) is 10.1. The van der Waals surface area contributed by atoms with Gasteiger partial charge in [0.15, 0.2) is 0 Å². The molecule has 0 amide bonds. The molecule has 3 nitrogen and oxygen atoms in total. The minimum absolute atomic E-state index is 0.603. The molecule has 79 valence electrons. The SMILES string of the molecule is CCC(CCCCN)[Si](OC)OC. The summed E-state index contributed by atoms with van der Waals surface area (Å²) in [5, 5.41) is 0. The first kappa shape index (κ1) is 13.1. The van der Waals surface area contributed by atoms with Gasteiger partial charge in [-0.15, -0.1) is 0 Å². The summed E-state index contributed by atoms with van der Waals surface area (Å²) in [6.07, 6.45) is 4.62. The molecule has 1 unspecified atom stereocenters. The Bertz CT molecular complexity index is 110. The summed E-state index contributed by atoms with van der Waals surface area (Å²) in [7, 11) is 2.45. The van der Waals surface area contributed by atoms with Crippen LogP contribution in [0.25, 0.3) is 0 Å². The average molecular weight is 204 g/mol. The van der Waals surface area contributed by atoms with Gasteiger partial charge >= 0.3 is 9.28 Å². The van der Waals surface area contributed by atoms with E-state index in [4.69, 9.17) is 14.6 Å². The van der Waals surface area contributed by atoms with E-state index in [1.807, 2.05) is 0 Å². The lowest BCUT2D eigenvalue weighted by atomic mass is 10.1. The molecule has 1 radical (unpaired) electrons. The molecule has 0 heterocycles. The first-order chi connectivity index (χ1) is 6.29. The standard InChI is InChI=1S/C9H22NO2Si/c1-4-9(7-5-6-8-10)13(11-2)12-3/h9H,4-8,10H2,1-3H3. The minimum Gasteiger partial charge on any atom is -0.397 e. The van der Waals surface area contributed by atoms with Gasteiger partial charge < -0.3 is 14.6 Å². The predicted molar refractivity (Wildman–Crippen MR) is 56.7 cm³/mol. The van der Waals surface area contributed by atoms with E-state index in [9.17, 15) is 0 Å². The summed E-state index contributed by atoms with van der Waals surface area (Å²) >= 11 is 0. The van der Waals surface area contributed by atoms with E-state index >= 15 is 0 Å². The van der Waals surface area contributed by atoms with Crippen molar-refractivity contribution in [1.29, 1.82) is 0 Å². The summed E-state index contributed by atoms with van der Waals surface area (Å²) < 4.78 is 10.7. The second-order valence-corrected chi connectivity index (χ2v) is 5.39. The number of hydrogen-bond donors (Lipinski definition) is 1. The van der Waals surface area contributed by atoms with Crippen molar-refractivity contribution in [3.05, 3.63) is 0 Å². The smallest absolute Gasteiger partial charge is 0.387 e. The Morgan fingerprint density at radius 2 is 1.85 bits per heavy atom. The topological polar surface area (TPSA) is 44.5 Å². The van der Waals surface area contributed by atoms with Crippen molar-refractivity contribution in [3.63, 3.8) is 0 Å². The van der Waals surface area contributed by atoms with Gasteiger partial charge in [0.1, 0.15) is 0 Å². The highest BCUT2D eigenvalue weighted by Crippen LogP contribution is 2.22. The first-order valence-corrected chi connectivity index (χ1v) is 6.34. The van der Waals surface area contributed by atoms with Crippen molar-refractivity contribution < 1.29 is 8.85 Å². The molecule has 2 N–H and O–H groups in total. The predicted octanol–water partition coefficient (Wildman–Crippen LogP) is 1.68. The van der Waals surface area contributed by atoms with Crippen molar-refractivity contribution in [1.82, 2.24) is 0 Å². The second-order valence-electron chi connectivity index (χ2n) is 3.12. The fourth-order valence-electron chi connectivity index (χ4n) is 1.44. The van der Waals surface area contributed by atoms with Crippen molar-refractivity contribution in [3.8, 4) is 0 Å². The van der Waals surface area contributed by atoms with E-state index in [1.165, 1.54) is 12.8 Å². The first-order valence-electron chi connectivity index (χ1n) is 4.95. The molecular weight excluding hydrogens is 182 g/mol. The maximum absolute atomic E-state index is 5.44. The van der Waals surface area contributed by atoms with Crippen molar-refractivity contribution in [2.45, 2.75) is 38.1 Å². The van der Waals surface area contributed by atoms with Gasteiger partial charge in [-0.3, -0.25) is 0 Å². The second kappa shape index (κ2) is 8.68. The van der Waals surface area contributed by atoms with Crippen LogP contribution in [-0.2, 0) is 8.85 Å². The fraction of sp³-hybridized carbons (Fsp3) is 1.00. The molecule has 0 aliphatic carbocycles. The largest absolute Gasteiger partial charge is 0.397 e. The Labute approximate surface area is 83.5 Å². The summed E-state index contributed by atoms with van der Waals surface area (Å²) in [5.74, 6) is 0. The van der Waals surface area contributed by atoms with Crippen LogP contribution in [0.1, 0.15) is 32.6 Å². The van der Waals surface area contributed by atoms with Crippen LogP contribution >= 0.6 is 0 Å². The van der Waals surface area contributed by atoms with E-state index in [-0.39, 0.29) is 0 Å². The fourth-order valence-corrected chi connectivity index (χ4v) is 3.05. The Hall–Kier alpha value is 0.0969. The number of unbranched alkanes of at least 4 members (excludes halogenated alkanes) is 1. The summed E-state index contributed by atoms with van der Waals surface area (Å²) in [5.41, 5.74) is 6.05. The molecular formula is C9H22NO2Si. The monoisotopic (exact) mass is 204 g/mol. The molecule has 0 fully saturated rings. The molecule has 4 heteroatoms. The maximum atomic E-state index is 5.44. The van der Waals surface area contributed by atoms with E-state index < -0.39 is 9.28 Å². The molecule has 0 aliphatic rings. The van der Waals surface area contributed by atoms with Gasteiger partial charge in [0.25, 0.3) is 0 Å². The van der Waals surface area contributed by atoms with Gasteiger partial charge in [-0.1, -0.05) is 19.8 Å². The van der Waals surface area contributed by atoms with Crippen LogP contribution in [0.15, 0.2) is 0 Å². The van der Waals surface area contributed by atoms with E-state index in [0.717, 1.165) is 19.4 Å². The molecule has 0 aromatic carbocycles. The third kappa shape index (κ3) is 5.41. The highest BCUT2D eigenvalue weighted by molar-refractivity contribution is 6.46. The molecule has 0 spiro atoms. The average Bonchev–Trinajstić information content (AvgIpc) is 2.17. The van der Waals surface area contributed by atoms with E-state index in [1.54, 1.807) is 14.2 Å². The Kier molecular flexibility index (Phi) is 8.75. The van der Waals surface area contributed by atoms with Gasteiger partial charge in [-0.25, -0.2) is 0 Å². The van der Waals surface area contributed by atoms with Crippen LogP contribution in [-0.4, -0.2) is 30.0 Å². The molecule has 0 aromatic rings. The molecule has 0 bridgehead atoms. The molecule has 0 saturated heterocycles. The Balaban J connectivity index is 3.71. The highest BCUT2D eigenvalue weighted by atomic mass is 28.3. The number of hydrogen-bond acceptors (Lipinski definition) is 3. The van der Waals surface area contributed by atoms with Crippen molar-refractivity contribution >= 4 is 9.28 Å². The lowest BCUT2D eigenvalue weighted by Gasteiger charge is -2.19. The molecule has 0 aromatic heterocycles. The molecule has 0 rings (SSSR count). The van der Waals surface area contributed by atoms with Gasteiger partial charge in [-0.05, 0) is 19.4 Å². The van der Waals surface area contributed by atoms with E-state index in [2.05, 4.69) is 6.92 Å². The quantitative estimate of drug-likeness (QED) is 0.483. The summed E-state index contributed by atoms with van der Waals surface area (Å²) in [6, 6.07) is 0. The zero-order valence-corrected chi connectivity index (χ0v) is 10.0. The highest BCUT2D eigenvalue weighted by Gasteiger charge is 2.23. The Morgan fingerprint density at radius 1 is 1.23 bits per heavy atom. The van der Waals surface area contributed by atoms with Gasteiger partial charge in [0, 0.05) is 19.8 Å². The van der Waals surface area contributed by atoms with Crippen LogP contribution in [0.2, 0.25) is 5.54 Å². The van der Waals surface area contributed by atoms with E-state index in [0.29, 0.717) is 5.54 Å². The Morgan fingerprint density at radius 3 is 2.23 bits per heavy atom. The summed E-state index contributed by atoms with van der Waals surface area (Å²) in [6.45, 7) is 2.98. The molecule has 1 atom stereocenters. The van der Waals surface area contributed by atoms with Crippen LogP contribution in [0.4, 0.5) is 0 Å². The van der Waals surface area contributed by atoms with Crippen LogP contribution < -0.4 is 5.73 Å². The van der Waals surface area contributed by atoms with Crippen LogP contribution in [0, 0.1) is 0 Å². The third-order valence-electron chi connectivity index (χ3n) is 2.24. The summed E-state index contributed by atoms with van der Waals surface area (Å²) in [4.78, 5) is 0. The lowest BCUT2D eigenvalue weighted by molar-refractivity contribution is 0.260. The van der Waals surface area contributed by atoms with Gasteiger partial charge in [0.05, 0.1) is 0 Å². The normalized spacial score (nSPS) is 13.6. The van der Waals surface area contributed by atoms with Crippen molar-refractivity contribution in [2.24, 2.45) is 5.73 Å². The van der Waals surface area contributed by atoms with Gasteiger partial charge in [-0.2, -0.15) is 0 Å². The molecule has 13 heavy (non-hydrogen) atoms. The third-order valence-corrected chi connectivity index (χ3v) is 4.40. The minimum atomic E-state index is -1.03. The van der Waals surface area contributed by atoms with Crippen LogP contribution in [0.5, 0.6) is 0 Å².